The smallest absolute Gasteiger partial charge is 0.105 e. The van der Waals surface area contributed by atoms with Crippen LogP contribution in [-0.2, 0) is 6.54 Å². The minimum Gasteiger partial charge on any atom is -0.469 e. The molecule has 1 aromatic rings. The Morgan fingerprint density at radius 3 is 2.53 bits per heavy atom. The Morgan fingerprint density at radius 1 is 1.32 bits per heavy atom. The van der Waals surface area contributed by atoms with E-state index in [-0.39, 0.29) is 0 Å². The van der Waals surface area contributed by atoms with Gasteiger partial charge in [-0.15, -0.1) is 0 Å². The molecule has 1 aromatic heterocycles. The molecular weight excluding hydrogens is 236 g/mol. The van der Waals surface area contributed by atoms with Crippen molar-refractivity contribution in [3.63, 3.8) is 0 Å². The number of hydrogen-bond donors (Lipinski definition) is 1. The van der Waals surface area contributed by atoms with E-state index in [0.717, 1.165) is 43.3 Å². The molecule has 0 atom stereocenters. The van der Waals surface area contributed by atoms with Crippen molar-refractivity contribution >= 4 is 0 Å². The first-order valence-corrected chi connectivity index (χ1v) is 7.69. The van der Waals surface area contributed by atoms with Crippen LogP contribution < -0.4 is 5.32 Å². The third-order valence-corrected chi connectivity index (χ3v) is 4.54. The number of furan rings is 1. The largest absolute Gasteiger partial charge is 0.469 e. The summed E-state index contributed by atoms with van der Waals surface area (Å²) in [5.41, 5.74) is 1.31. The average molecular weight is 262 g/mol. The van der Waals surface area contributed by atoms with Gasteiger partial charge in [0, 0.05) is 31.2 Å². The van der Waals surface area contributed by atoms with E-state index in [1.54, 1.807) is 6.26 Å². The SMILES string of the molecule is Cc1occc1CN(C)CCNC(C1CC1)C1CC1. The van der Waals surface area contributed by atoms with Gasteiger partial charge in [0.1, 0.15) is 5.76 Å². The zero-order chi connectivity index (χ0) is 13.2. The highest BCUT2D eigenvalue weighted by molar-refractivity contribution is 5.14. The van der Waals surface area contributed by atoms with Crippen molar-refractivity contribution in [2.45, 2.75) is 45.2 Å². The molecule has 0 bridgehead atoms. The first-order valence-electron chi connectivity index (χ1n) is 7.69. The topological polar surface area (TPSA) is 28.4 Å². The van der Waals surface area contributed by atoms with Crippen LogP contribution in [0.15, 0.2) is 16.7 Å². The van der Waals surface area contributed by atoms with E-state index in [1.807, 2.05) is 6.92 Å². The van der Waals surface area contributed by atoms with Crippen molar-refractivity contribution < 1.29 is 4.42 Å². The molecule has 0 spiro atoms. The molecule has 106 valence electrons. The van der Waals surface area contributed by atoms with Gasteiger partial charge >= 0.3 is 0 Å². The van der Waals surface area contributed by atoms with E-state index < -0.39 is 0 Å². The van der Waals surface area contributed by atoms with E-state index in [0.29, 0.717) is 0 Å². The summed E-state index contributed by atoms with van der Waals surface area (Å²) in [6.45, 7) is 5.25. The fourth-order valence-corrected chi connectivity index (χ4v) is 3.00. The number of rotatable bonds is 8. The first kappa shape index (κ1) is 13.2. The van der Waals surface area contributed by atoms with E-state index in [1.165, 1.54) is 31.2 Å². The van der Waals surface area contributed by atoms with E-state index >= 15 is 0 Å². The maximum atomic E-state index is 5.35. The van der Waals surface area contributed by atoms with Gasteiger partial charge < -0.3 is 14.6 Å². The molecule has 0 aromatic carbocycles. The third kappa shape index (κ3) is 3.61. The molecule has 0 saturated heterocycles. The summed E-state index contributed by atoms with van der Waals surface area (Å²) in [5.74, 6) is 3.04. The molecule has 3 rings (SSSR count). The standard InChI is InChI=1S/C16H26N2O/c1-12-15(7-10-19-12)11-18(2)9-8-17-16(13-3-4-13)14-5-6-14/h7,10,13-14,16-17H,3-6,8-9,11H2,1-2H3. The molecule has 0 amide bonds. The highest BCUT2D eigenvalue weighted by Crippen LogP contribution is 2.44. The minimum atomic E-state index is 0.823. The van der Waals surface area contributed by atoms with E-state index in [4.69, 9.17) is 4.42 Å². The Labute approximate surface area is 116 Å². The summed E-state index contributed by atoms with van der Waals surface area (Å²) in [6.07, 6.45) is 7.61. The predicted octanol–water partition coefficient (Wildman–Crippen LogP) is 2.80. The van der Waals surface area contributed by atoms with Crippen LogP contribution in [0.2, 0.25) is 0 Å². The Morgan fingerprint density at radius 2 is 2.00 bits per heavy atom. The Kier molecular flexibility index (Phi) is 3.94. The zero-order valence-corrected chi connectivity index (χ0v) is 12.2. The fraction of sp³-hybridized carbons (Fsp3) is 0.750. The summed E-state index contributed by atoms with van der Waals surface area (Å²) in [4.78, 5) is 2.38. The predicted molar refractivity (Wildman–Crippen MR) is 77.0 cm³/mol. The summed E-state index contributed by atoms with van der Waals surface area (Å²) in [6, 6.07) is 2.90. The maximum Gasteiger partial charge on any atom is 0.105 e. The van der Waals surface area contributed by atoms with Gasteiger partial charge in [0.15, 0.2) is 0 Å². The number of nitrogens with one attached hydrogen (secondary N) is 1. The molecule has 2 saturated carbocycles. The Bertz CT molecular complexity index is 395. The van der Waals surface area contributed by atoms with Crippen molar-refractivity contribution in [3.05, 3.63) is 23.7 Å². The fourth-order valence-electron chi connectivity index (χ4n) is 3.00. The van der Waals surface area contributed by atoms with E-state index in [2.05, 4.69) is 23.3 Å². The first-order chi connectivity index (χ1) is 9.24. The molecule has 1 heterocycles. The number of nitrogens with zero attached hydrogens (tertiary/aromatic N) is 1. The molecule has 2 fully saturated rings. The maximum absolute atomic E-state index is 5.35. The zero-order valence-electron chi connectivity index (χ0n) is 12.2. The van der Waals surface area contributed by atoms with Gasteiger partial charge in [-0.1, -0.05) is 0 Å². The van der Waals surface area contributed by atoms with Gasteiger partial charge in [-0.05, 0) is 57.6 Å². The second-order valence-corrected chi connectivity index (χ2v) is 6.39. The summed E-state index contributed by atoms with van der Waals surface area (Å²) >= 11 is 0. The molecule has 1 N–H and O–H groups in total. The Hall–Kier alpha value is -0.800. The van der Waals surface area contributed by atoms with Crippen LogP contribution in [0.3, 0.4) is 0 Å². The minimum absolute atomic E-state index is 0.823. The normalized spacial score (nSPS) is 19.6. The molecule has 0 aliphatic heterocycles. The van der Waals surface area contributed by atoms with Crippen LogP contribution in [-0.4, -0.2) is 31.1 Å². The van der Waals surface area contributed by atoms with Crippen LogP contribution >= 0.6 is 0 Å². The molecule has 2 aliphatic rings. The van der Waals surface area contributed by atoms with Gasteiger partial charge in [-0.25, -0.2) is 0 Å². The number of hydrogen-bond acceptors (Lipinski definition) is 3. The van der Waals surface area contributed by atoms with Gasteiger partial charge in [-0.3, -0.25) is 0 Å². The summed E-state index contributed by atoms with van der Waals surface area (Å²) in [7, 11) is 2.19. The molecule has 0 radical (unpaired) electrons. The highest BCUT2D eigenvalue weighted by atomic mass is 16.3. The molecular formula is C16H26N2O. The van der Waals surface area contributed by atoms with Crippen molar-refractivity contribution in [1.29, 1.82) is 0 Å². The lowest BCUT2D eigenvalue weighted by molar-refractivity contribution is 0.303. The summed E-state index contributed by atoms with van der Waals surface area (Å²) in [5, 5.41) is 3.80. The second-order valence-electron chi connectivity index (χ2n) is 6.39. The van der Waals surface area contributed by atoms with Gasteiger partial charge in [-0.2, -0.15) is 0 Å². The average Bonchev–Trinajstić information content (AvgIpc) is 3.27. The lowest BCUT2D eigenvalue weighted by Crippen LogP contribution is -2.38. The number of likely N-dealkylation sites (N-methyl/N-ethyl adjacent to an activating group) is 1. The van der Waals surface area contributed by atoms with Crippen molar-refractivity contribution in [1.82, 2.24) is 10.2 Å². The number of aryl methyl sites for hydroxylation is 1. The molecule has 0 unspecified atom stereocenters. The van der Waals surface area contributed by atoms with E-state index in [9.17, 15) is 0 Å². The summed E-state index contributed by atoms with van der Waals surface area (Å²) < 4.78 is 5.35. The molecule has 3 heteroatoms. The van der Waals surface area contributed by atoms with Crippen molar-refractivity contribution in [3.8, 4) is 0 Å². The molecule has 3 nitrogen and oxygen atoms in total. The Balaban J connectivity index is 1.38. The van der Waals surface area contributed by atoms with Crippen LogP contribution in [0, 0.1) is 18.8 Å². The quantitative estimate of drug-likeness (QED) is 0.781. The lowest BCUT2D eigenvalue weighted by atomic mass is 10.1. The monoisotopic (exact) mass is 262 g/mol. The molecule has 2 aliphatic carbocycles. The third-order valence-electron chi connectivity index (χ3n) is 4.54. The van der Waals surface area contributed by atoms with Crippen molar-refractivity contribution in [2.75, 3.05) is 20.1 Å². The van der Waals surface area contributed by atoms with Crippen molar-refractivity contribution in [2.24, 2.45) is 11.8 Å². The second kappa shape index (κ2) is 5.68. The van der Waals surface area contributed by atoms with Crippen LogP contribution in [0.1, 0.15) is 37.0 Å². The van der Waals surface area contributed by atoms with Crippen LogP contribution in [0.4, 0.5) is 0 Å². The van der Waals surface area contributed by atoms with Gasteiger partial charge in [0.25, 0.3) is 0 Å². The lowest BCUT2D eigenvalue weighted by Gasteiger charge is -2.21. The van der Waals surface area contributed by atoms with Crippen LogP contribution in [0.25, 0.3) is 0 Å². The van der Waals surface area contributed by atoms with Gasteiger partial charge in [0.05, 0.1) is 6.26 Å². The van der Waals surface area contributed by atoms with Gasteiger partial charge in [0.2, 0.25) is 0 Å². The molecule has 19 heavy (non-hydrogen) atoms. The van der Waals surface area contributed by atoms with Crippen LogP contribution in [0.5, 0.6) is 0 Å². The highest BCUT2D eigenvalue weighted by Gasteiger charge is 2.40.